The summed E-state index contributed by atoms with van der Waals surface area (Å²) in [6, 6.07) is 17.1. The number of hydrogen-bond acceptors (Lipinski definition) is 6. The normalized spacial score (nSPS) is 11.8. The fourth-order valence-corrected chi connectivity index (χ4v) is 3.69. The number of fused-ring (bicyclic) bond motifs is 1. The molecule has 0 bridgehead atoms. The van der Waals surface area contributed by atoms with Gasteiger partial charge >= 0.3 is 6.09 Å². The van der Waals surface area contributed by atoms with Crippen LogP contribution in [0.1, 0.15) is 16.5 Å². The minimum absolute atomic E-state index is 0.0211. The summed E-state index contributed by atoms with van der Waals surface area (Å²) < 4.78 is 17.5. The Balaban J connectivity index is 1.79. The maximum absolute atomic E-state index is 11.9. The second kappa shape index (κ2) is 9.90. The number of rotatable bonds is 9. The van der Waals surface area contributed by atoms with Gasteiger partial charge in [0.15, 0.2) is 6.10 Å². The molecule has 0 aliphatic heterocycles. The predicted octanol–water partition coefficient (Wildman–Crippen LogP) is 3.68. The highest BCUT2D eigenvalue weighted by Crippen LogP contribution is 2.35. The highest BCUT2D eigenvalue weighted by atomic mass is 32.1. The van der Waals surface area contributed by atoms with E-state index in [9.17, 15) is 4.79 Å². The molecule has 0 aliphatic rings. The summed E-state index contributed by atoms with van der Waals surface area (Å²) in [4.78, 5) is 12.6. The summed E-state index contributed by atoms with van der Waals surface area (Å²) in [6.07, 6.45) is -1.02. The number of alkyl carbamates (subject to hydrolysis) is 1. The molecular formula is C21H23N3O4S. The van der Waals surface area contributed by atoms with E-state index in [0.717, 1.165) is 15.6 Å². The average Bonchev–Trinajstić information content (AvgIpc) is 3.17. The summed E-state index contributed by atoms with van der Waals surface area (Å²) in [6.45, 7) is 0.823. The number of nitrogens with two attached hydrogens (primary N) is 1. The molecular weight excluding hydrogens is 390 g/mol. The van der Waals surface area contributed by atoms with E-state index in [1.165, 1.54) is 11.3 Å². The van der Waals surface area contributed by atoms with Gasteiger partial charge in [-0.2, -0.15) is 0 Å². The molecule has 1 amide bonds. The number of ether oxygens (including phenoxy) is 3. The quantitative estimate of drug-likeness (QED) is 0.282. The second-order valence-corrected chi connectivity index (χ2v) is 7.31. The molecule has 1 aromatic heterocycles. The average molecular weight is 413 g/mol. The first kappa shape index (κ1) is 20.6. The molecule has 7 nitrogen and oxygen atoms in total. The molecule has 0 saturated carbocycles. The summed E-state index contributed by atoms with van der Waals surface area (Å²) in [5, 5.41) is 11.2. The SMILES string of the molecule is COCCNC(=O)OCC(Oc1cccc2sc(C(=N)N)cc12)c1ccccc1. The maximum Gasteiger partial charge on any atom is 0.407 e. The lowest BCUT2D eigenvalue weighted by Gasteiger charge is -2.20. The van der Waals surface area contributed by atoms with Gasteiger partial charge in [0.25, 0.3) is 0 Å². The van der Waals surface area contributed by atoms with Gasteiger partial charge in [0.1, 0.15) is 18.2 Å². The van der Waals surface area contributed by atoms with E-state index in [4.69, 9.17) is 25.4 Å². The number of carbonyl (C=O) groups excluding carboxylic acids is 1. The number of hydrogen-bond donors (Lipinski definition) is 3. The van der Waals surface area contributed by atoms with Crippen LogP contribution < -0.4 is 15.8 Å². The minimum atomic E-state index is -0.529. The Morgan fingerprint density at radius 1 is 1.21 bits per heavy atom. The molecule has 1 unspecified atom stereocenters. The van der Waals surface area contributed by atoms with Crippen molar-refractivity contribution in [3.05, 3.63) is 65.0 Å². The lowest BCUT2D eigenvalue weighted by Crippen LogP contribution is -2.29. The van der Waals surface area contributed by atoms with Gasteiger partial charge in [0, 0.05) is 23.7 Å². The number of carbonyl (C=O) groups is 1. The Morgan fingerprint density at radius 3 is 2.72 bits per heavy atom. The standard InChI is InChI=1S/C21H23N3O4S/c1-26-11-10-24-21(25)27-13-17(14-6-3-2-4-7-14)28-16-8-5-9-18-15(16)12-19(29-18)20(22)23/h2-9,12,17H,10-11,13H2,1H3,(H3,22,23)(H,24,25). The van der Waals surface area contributed by atoms with E-state index in [-0.39, 0.29) is 12.4 Å². The molecule has 3 aromatic rings. The number of nitrogen functional groups attached to an aromatic ring is 1. The van der Waals surface area contributed by atoms with Crippen LogP contribution in [0.4, 0.5) is 4.79 Å². The van der Waals surface area contributed by atoms with Gasteiger partial charge in [-0.1, -0.05) is 36.4 Å². The van der Waals surface area contributed by atoms with Crippen LogP contribution >= 0.6 is 11.3 Å². The molecule has 1 atom stereocenters. The Kier molecular flexibility index (Phi) is 7.04. The Labute approximate surface area is 172 Å². The smallest absolute Gasteiger partial charge is 0.407 e. The zero-order valence-corrected chi connectivity index (χ0v) is 16.8. The first-order valence-corrected chi connectivity index (χ1v) is 9.88. The van der Waals surface area contributed by atoms with Gasteiger partial charge in [-0.15, -0.1) is 11.3 Å². The van der Waals surface area contributed by atoms with Gasteiger partial charge in [0.2, 0.25) is 0 Å². The van der Waals surface area contributed by atoms with Crippen LogP contribution in [0.2, 0.25) is 0 Å². The Morgan fingerprint density at radius 2 is 2.00 bits per heavy atom. The van der Waals surface area contributed by atoms with Crippen molar-refractivity contribution in [2.75, 3.05) is 26.9 Å². The van der Waals surface area contributed by atoms with Crippen molar-refractivity contribution in [1.29, 1.82) is 5.41 Å². The summed E-state index contributed by atoms with van der Waals surface area (Å²) in [5.74, 6) is 0.663. The molecule has 8 heteroatoms. The van der Waals surface area contributed by atoms with E-state index in [0.29, 0.717) is 23.8 Å². The largest absolute Gasteiger partial charge is 0.481 e. The van der Waals surface area contributed by atoms with Crippen molar-refractivity contribution in [1.82, 2.24) is 5.32 Å². The van der Waals surface area contributed by atoms with Crippen LogP contribution in [-0.2, 0) is 9.47 Å². The molecule has 0 spiro atoms. The molecule has 0 radical (unpaired) electrons. The third-order valence-electron chi connectivity index (χ3n) is 4.17. The molecule has 1 heterocycles. The van der Waals surface area contributed by atoms with Gasteiger partial charge in [-0.25, -0.2) is 4.79 Å². The fraction of sp³-hybridized carbons (Fsp3) is 0.238. The van der Waals surface area contributed by atoms with Crippen LogP contribution in [-0.4, -0.2) is 38.8 Å². The number of nitrogens with one attached hydrogen (secondary N) is 2. The molecule has 152 valence electrons. The van der Waals surface area contributed by atoms with Gasteiger partial charge in [-0.05, 0) is 23.8 Å². The molecule has 4 N–H and O–H groups in total. The first-order valence-electron chi connectivity index (χ1n) is 9.06. The van der Waals surface area contributed by atoms with Crippen molar-refractivity contribution in [3.8, 4) is 5.75 Å². The van der Waals surface area contributed by atoms with Crippen molar-refractivity contribution in [2.24, 2.45) is 5.73 Å². The summed E-state index contributed by atoms with van der Waals surface area (Å²) in [5.41, 5.74) is 6.52. The van der Waals surface area contributed by atoms with Crippen LogP contribution in [0.15, 0.2) is 54.6 Å². The van der Waals surface area contributed by atoms with E-state index < -0.39 is 12.2 Å². The lowest BCUT2D eigenvalue weighted by atomic mass is 10.1. The molecule has 0 saturated heterocycles. The topological polar surface area (TPSA) is 107 Å². The van der Waals surface area contributed by atoms with E-state index >= 15 is 0 Å². The van der Waals surface area contributed by atoms with Crippen LogP contribution in [0.25, 0.3) is 10.1 Å². The van der Waals surface area contributed by atoms with E-state index in [2.05, 4.69) is 5.32 Å². The van der Waals surface area contributed by atoms with Crippen molar-refractivity contribution < 1.29 is 19.0 Å². The highest BCUT2D eigenvalue weighted by Gasteiger charge is 2.18. The van der Waals surface area contributed by atoms with Gasteiger partial charge in [-0.3, -0.25) is 5.41 Å². The molecule has 29 heavy (non-hydrogen) atoms. The monoisotopic (exact) mass is 413 g/mol. The molecule has 3 rings (SSSR count). The lowest BCUT2D eigenvalue weighted by molar-refractivity contribution is 0.0810. The Bertz CT molecular complexity index is 974. The van der Waals surface area contributed by atoms with E-state index in [1.807, 2.05) is 54.6 Å². The second-order valence-electron chi connectivity index (χ2n) is 6.23. The van der Waals surface area contributed by atoms with Gasteiger partial charge in [0.05, 0.1) is 11.5 Å². The fourth-order valence-electron chi connectivity index (χ4n) is 2.75. The van der Waals surface area contributed by atoms with Crippen molar-refractivity contribution >= 4 is 33.4 Å². The predicted molar refractivity (Wildman–Crippen MR) is 114 cm³/mol. The molecule has 2 aromatic carbocycles. The van der Waals surface area contributed by atoms with Crippen molar-refractivity contribution in [2.45, 2.75) is 6.10 Å². The number of amides is 1. The molecule has 0 aliphatic carbocycles. The number of methoxy groups -OCH3 is 1. The highest BCUT2D eigenvalue weighted by molar-refractivity contribution is 7.20. The summed E-state index contributed by atoms with van der Waals surface area (Å²) in [7, 11) is 1.56. The van der Waals surface area contributed by atoms with E-state index in [1.54, 1.807) is 7.11 Å². The van der Waals surface area contributed by atoms with Crippen molar-refractivity contribution in [3.63, 3.8) is 0 Å². The number of thiophene rings is 1. The zero-order valence-electron chi connectivity index (χ0n) is 16.0. The maximum atomic E-state index is 11.9. The number of amidine groups is 1. The summed E-state index contributed by atoms with van der Waals surface area (Å²) >= 11 is 1.44. The number of benzene rings is 2. The first-order chi connectivity index (χ1) is 14.1. The third-order valence-corrected chi connectivity index (χ3v) is 5.30. The minimum Gasteiger partial charge on any atom is -0.481 e. The molecule has 0 fully saturated rings. The van der Waals surface area contributed by atoms with Gasteiger partial charge < -0.3 is 25.3 Å². The zero-order chi connectivity index (χ0) is 20.6. The third kappa shape index (κ3) is 5.46. The Hall–Kier alpha value is -3.10. The van der Waals surface area contributed by atoms with Crippen LogP contribution in [0, 0.1) is 5.41 Å². The van der Waals surface area contributed by atoms with Crippen LogP contribution in [0.5, 0.6) is 5.75 Å². The van der Waals surface area contributed by atoms with Crippen LogP contribution in [0.3, 0.4) is 0 Å².